The van der Waals surface area contributed by atoms with Gasteiger partial charge in [-0.3, -0.25) is 9.89 Å². The van der Waals surface area contributed by atoms with Gasteiger partial charge in [0.15, 0.2) is 5.96 Å². The average Bonchev–Trinajstić information content (AvgIpc) is 2.88. The summed E-state index contributed by atoms with van der Waals surface area (Å²) in [4.78, 5) is 16.2. The number of morpholine rings is 1. The largest absolute Gasteiger partial charge is 0.497 e. The standard InChI is InChI=1S/C24H34N6O2.HI/c1-25-24(30-13-11-29(12-14-30)23-5-3-4-10-26-23)27-19-22(28-15-17-32-18-16-28)20-6-8-21(31-2)9-7-20;/h3-10,22H,11-19H2,1-2H3,(H,25,27);1H. The Bertz CT molecular complexity index is 853. The number of nitrogens with zero attached hydrogens (tertiary/aromatic N) is 5. The van der Waals surface area contributed by atoms with E-state index in [9.17, 15) is 0 Å². The molecule has 1 aromatic heterocycles. The molecule has 1 N–H and O–H groups in total. The normalized spacial score (nSPS) is 18.4. The number of hydrogen-bond acceptors (Lipinski definition) is 6. The highest BCUT2D eigenvalue weighted by molar-refractivity contribution is 14.0. The van der Waals surface area contributed by atoms with Crippen molar-refractivity contribution in [2.45, 2.75) is 6.04 Å². The van der Waals surface area contributed by atoms with Gasteiger partial charge in [0.05, 0.1) is 26.4 Å². The van der Waals surface area contributed by atoms with Crippen LogP contribution in [-0.4, -0.2) is 93.9 Å². The van der Waals surface area contributed by atoms with E-state index >= 15 is 0 Å². The van der Waals surface area contributed by atoms with Crippen LogP contribution in [0, 0.1) is 0 Å². The molecule has 2 saturated heterocycles. The summed E-state index contributed by atoms with van der Waals surface area (Å²) in [5.41, 5.74) is 1.27. The van der Waals surface area contributed by atoms with Crippen LogP contribution in [0.1, 0.15) is 11.6 Å². The number of pyridine rings is 1. The van der Waals surface area contributed by atoms with Gasteiger partial charge < -0.3 is 24.6 Å². The quantitative estimate of drug-likeness (QED) is 0.328. The minimum Gasteiger partial charge on any atom is -0.497 e. The Kier molecular flexibility index (Phi) is 10.0. The molecular formula is C24H35IN6O2. The van der Waals surface area contributed by atoms with Gasteiger partial charge in [-0.15, -0.1) is 24.0 Å². The number of aliphatic imine (C=N–C) groups is 1. The van der Waals surface area contributed by atoms with E-state index in [-0.39, 0.29) is 30.0 Å². The van der Waals surface area contributed by atoms with Crippen LogP contribution in [0.3, 0.4) is 0 Å². The third kappa shape index (κ3) is 6.70. The van der Waals surface area contributed by atoms with Gasteiger partial charge in [0.25, 0.3) is 0 Å². The highest BCUT2D eigenvalue weighted by atomic mass is 127. The number of hydrogen-bond donors (Lipinski definition) is 1. The first-order valence-corrected chi connectivity index (χ1v) is 11.4. The molecule has 0 bridgehead atoms. The van der Waals surface area contributed by atoms with Gasteiger partial charge in [-0.25, -0.2) is 4.98 Å². The lowest BCUT2D eigenvalue weighted by Gasteiger charge is -2.39. The summed E-state index contributed by atoms with van der Waals surface area (Å²) in [5, 5.41) is 3.65. The van der Waals surface area contributed by atoms with Crippen molar-refractivity contribution in [3.8, 4) is 5.75 Å². The van der Waals surface area contributed by atoms with Crippen molar-refractivity contribution >= 4 is 35.8 Å². The van der Waals surface area contributed by atoms with Crippen LogP contribution < -0.4 is 15.0 Å². The first-order valence-electron chi connectivity index (χ1n) is 11.4. The van der Waals surface area contributed by atoms with Gasteiger partial charge in [0.2, 0.25) is 0 Å². The molecule has 2 aliphatic rings. The molecule has 2 aliphatic heterocycles. The maximum atomic E-state index is 5.59. The Balaban J connectivity index is 0.00000306. The molecule has 0 radical (unpaired) electrons. The van der Waals surface area contributed by atoms with E-state index in [0.717, 1.165) is 76.6 Å². The van der Waals surface area contributed by atoms with Crippen molar-refractivity contribution in [3.63, 3.8) is 0 Å². The van der Waals surface area contributed by atoms with Crippen LogP contribution in [0.5, 0.6) is 5.75 Å². The maximum absolute atomic E-state index is 5.59. The van der Waals surface area contributed by atoms with Crippen molar-refractivity contribution in [1.29, 1.82) is 0 Å². The number of rotatable bonds is 6. The molecular weight excluding hydrogens is 531 g/mol. The van der Waals surface area contributed by atoms with Crippen molar-refractivity contribution in [1.82, 2.24) is 20.1 Å². The number of methoxy groups -OCH3 is 1. The Morgan fingerprint density at radius 3 is 2.39 bits per heavy atom. The van der Waals surface area contributed by atoms with Gasteiger partial charge in [0.1, 0.15) is 11.6 Å². The number of guanidine groups is 1. The molecule has 1 aromatic carbocycles. The molecule has 33 heavy (non-hydrogen) atoms. The molecule has 0 amide bonds. The van der Waals surface area contributed by atoms with Crippen molar-refractivity contribution < 1.29 is 9.47 Å². The van der Waals surface area contributed by atoms with E-state index in [0.29, 0.717) is 0 Å². The molecule has 0 saturated carbocycles. The molecule has 1 atom stereocenters. The minimum atomic E-state index is 0. The molecule has 9 heteroatoms. The third-order valence-electron chi connectivity index (χ3n) is 6.20. The van der Waals surface area contributed by atoms with E-state index in [1.807, 2.05) is 37.5 Å². The number of aromatic nitrogens is 1. The summed E-state index contributed by atoms with van der Waals surface area (Å²) >= 11 is 0. The molecule has 0 aliphatic carbocycles. The zero-order chi connectivity index (χ0) is 22.2. The third-order valence-corrected chi connectivity index (χ3v) is 6.20. The number of anilines is 1. The van der Waals surface area contributed by atoms with Gasteiger partial charge >= 0.3 is 0 Å². The summed E-state index contributed by atoms with van der Waals surface area (Å²) in [6, 6.07) is 14.7. The number of nitrogens with one attached hydrogen (secondary N) is 1. The zero-order valence-corrected chi connectivity index (χ0v) is 21.9. The number of benzene rings is 1. The second-order valence-electron chi connectivity index (χ2n) is 8.03. The average molecular weight is 566 g/mol. The number of ether oxygens (including phenoxy) is 2. The topological polar surface area (TPSA) is 65.5 Å². The first-order chi connectivity index (χ1) is 15.8. The SMILES string of the molecule is CN=C(NCC(c1ccc(OC)cc1)N1CCOCC1)N1CCN(c2ccccn2)CC1.I. The van der Waals surface area contributed by atoms with Crippen molar-refractivity contribution in [2.75, 3.05) is 78.1 Å². The summed E-state index contributed by atoms with van der Waals surface area (Å²) in [6.07, 6.45) is 1.85. The summed E-state index contributed by atoms with van der Waals surface area (Å²) in [5.74, 6) is 2.88. The first kappa shape index (κ1) is 25.5. The van der Waals surface area contributed by atoms with Crippen LogP contribution >= 0.6 is 24.0 Å². The van der Waals surface area contributed by atoms with Crippen LogP contribution in [0.2, 0.25) is 0 Å². The van der Waals surface area contributed by atoms with Crippen molar-refractivity contribution in [2.24, 2.45) is 4.99 Å². The van der Waals surface area contributed by atoms with Gasteiger partial charge in [-0.2, -0.15) is 0 Å². The van der Waals surface area contributed by atoms with Gasteiger partial charge in [-0.05, 0) is 29.8 Å². The fourth-order valence-corrected chi connectivity index (χ4v) is 4.38. The second kappa shape index (κ2) is 13.0. The van der Waals surface area contributed by atoms with Crippen LogP contribution in [0.15, 0.2) is 53.7 Å². The van der Waals surface area contributed by atoms with E-state index in [1.54, 1.807) is 7.11 Å². The van der Waals surface area contributed by atoms with E-state index in [4.69, 9.17) is 9.47 Å². The second-order valence-corrected chi connectivity index (χ2v) is 8.03. The predicted octanol–water partition coefficient (Wildman–Crippen LogP) is 2.48. The Morgan fingerprint density at radius 2 is 1.79 bits per heavy atom. The molecule has 8 nitrogen and oxygen atoms in total. The summed E-state index contributed by atoms with van der Waals surface area (Å²) in [6.45, 7) is 7.90. The predicted molar refractivity (Wildman–Crippen MR) is 143 cm³/mol. The lowest BCUT2D eigenvalue weighted by molar-refractivity contribution is 0.0169. The fourth-order valence-electron chi connectivity index (χ4n) is 4.38. The lowest BCUT2D eigenvalue weighted by atomic mass is 10.0. The van der Waals surface area contributed by atoms with Crippen LogP contribution in [0.25, 0.3) is 0 Å². The van der Waals surface area contributed by atoms with Gasteiger partial charge in [-0.1, -0.05) is 18.2 Å². The molecule has 0 spiro atoms. The summed E-state index contributed by atoms with van der Waals surface area (Å²) < 4.78 is 10.9. The molecule has 1 unspecified atom stereocenters. The maximum Gasteiger partial charge on any atom is 0.193 e. The fraction of sp³-hybridized carbons (Fsp3) is 0.500. The highest BCUT2D eigenvalue weighted by Gasteiger charge is 2.25. The minimum absolute atomic E-state index is 0. The Hall–Kier alpha value is -2.11. The highest BCUT2D eigenvalue weighted by Crippen LogP contribution is 2.24. The molecule has 2 fully saturated rings. The molecule has 4 rings (SSSR count). The zero-order valence-electron chi connectivity index (χ0n) is 19.5. The van der Waals surface area contributed by atoms with Gasteiger partial charge in [0, 0.05) is 59.1 Å². The monoisotopic (exact) mass is 566 g/mol. The Morgan fingerprint density at radius 1 is 1.06 bits per heavy atom. The van der Waals surface area contributed by atoms with Crippen LogP contribution in [0.4, 0.5) is 5.82 Å². The molecule has 180 valence electrons. The van der Waals surface area contributed by atoms with E-state index in [1.165, 1.54) is 5.56 Å². The lowest BCUT2D eigenvalue weighted by Crippen LogP contribution is -2.54. The van der Waals surface area contributed by atoms with E-state index in [2.05, 4.69) is 48.2 Å². The van der Waals surface area contributed by atoms with Crippen molar-refractivity contribution in [3.05, 3.63) is 54.2 Å². The smallest absolute Gasteiger partial charge is 0.193 e. The molecule has 3 heterocycles. The number of halogens is 1. The summed E-state index contributed by atoms with van der Waals surface area (Å²) in [7, 11) is 3.57. The molecule has 2 aromatic rings. The van der Waals surface area contributed by atoms with E-state index < -0.39 is 0 Å². The Labute approximate surface area is 214 Å². The number of piperazine rings is 1. The van der Waals surface area contributed by atoms with Crippen LogP contribution in [-0.2, 0) is 4.74 Å².